The predicted molar refractivity (Wildman–Crippen MR) is 66.7 cm³/mol. The number of hydrogen-bond donors (Lipinski definition) is 1. The van der Waals surface area contributed by atoms with E-state index >= 15 is 0 Å². The molecule has 0 aromatic heterocycles. The molecule has 2 fully saturated rings. The second-order valence-electron chi connectivity index (χ2n) is 5.62. The van der Waals surface area contributed by atoms with E-state index in [1.54, 1.807) is 0 Å². The molecule has 2 rings (SSSR count). The van der Waals surface area contributed by atoms with Gasteiger partial charge in [0.25, 0.3) is 0 Å². The maximum atomic E-state index is 5.79. The van der Waals surface area contributed by atoms with Crippen molar-refractivity contribution in [2.45, 2.75) is 57.8 Å². The zero-order chi connectivity index (χ0) is 11.6. The van der Waals surface area contributed by atoms with Gasteiger partial charge >= 0.3 is 0 Å². The van der Waals surface area contributed by atoms with Crippen LogP contribution in [0.5, 0.6) is 0 Å². The van der Waals surface area contributed by atoms with E-state index in [0.29, 0.717) is 17.7 Å². The summed E-state index contributed by atoms with van der Waals surface area (Å²) in [5, 5.41) is 3.71. The standard InChI is InChI=1S/C13H26N2O/c1-4-13(6-5-7-14-13)10-15-8-11(2)16-12(3)9-15/h11-12,14H,4-10H2,1-3H3/t11-,12+,13?. The summed E-state index contributed by atoms with van der Waals surface area (Å²) < 4.78 is 5.79. The highest BCUT2D eigenvalue weighted by molar-refractivity contribution is 4.95. The SMILES string of the molecule is CCC1(CN2C[C@@H](C)O[C@@H](C)C2)CCCN1. The van der Waals surface area contributed by atoms with Gasteiger partial charge in [0.15, 0.2) is 0 Å². The van der Waals surface area contributed by atoms with Gasteiger partial charge in [0.1, 0.15) is 0 Å². The van der Waals surface area contributed by atoms with Gasteiger partial charge in [0.05, 0.1) is 12.2 Å². The van der Waals surface area contributed by atoms with E-state index < -0.39 is 0 Å². The summed E-state index contributed by atoms with van der Waals surface area (Å²) in [6, 6.07) is 0. The summed E-state index contributed by atoms with van der Waals surface area (Å²) in [5.41, 5.74) is 0.386. The molecule has 0 saturated carbocycles. The van der Waals surface area contributed by atoms with Crippen LogP contribution in [-0.2, 0) is 4.74 Å². The molecular weight excluding hydrogens is 200 g/mol. The molecule has 3 atom stereocenters. The molecular formula is C13H26N2O. The number of rotatable bonds is 3. The molecule has 0 spiro atoms. The van der Waals surface area contributed by atoms with Crippen molar-refractivity contribution in [2.75, 3.05) is 26.2 Å². The van der Waals surface area contributed by atoms with Crippen LogP contribution in [0.2, 0.25) is 0 Å². The first-order valence-electron chi connectivity index (χ1n) is 6.76. The highest BCUT2D eigenvalue weighted by Crippen LogP contribution is 2.25. The first-order valence-corrected chi connectivity index (χ1v) is 6.76. The Morgan fingerprint density at radius 1 is 1.31 bits per heavy atom. The van der Waals surface area contributed by atoms with Gasteiger partial charge in [-0.15, -0.1) is 0 Å². The minimum Gasteiger partial charge on any atom is -0.373 e. The lowest BCUT2D eigenvalue weighted by Crippen LogP contribution is -2.55. The van der Waals surface area contributed by atoms with Gasteiger partial charge < -0.3 is 10.1 Å². The van der Waals surface area contributed by atoms with Crippen LogP contribution in [-0.4, -0.2) is 48.8 Å². The number of hydrogen-bond acceptors (Lipinski definition) is 3. The molecule has 3 heteroatoms. The monoisotopic (exact) mass is 226 g/mol. The molecule has 0 aromatic carbocycles. The van der Waals surface area contributed by atoms with E-state index in [0.717, 1.165) is 13.1 Å². The van der Waals surface area contributed by atoms with Crippen LogP contribution in [0.4, 0.5) is 0 Å². The van der Waals surface area contributed by atoms with Crippen molar-refractivity contribution in [3.8, 4) is 0 Å². The third-order valence-corrected chi connectivity index (χ3v) is 4.03. The highest BCUT2D eigenvalue weighted by atomic mass is 16.5. The summed E-state index contributed by atoms with van der Waals surface area (Å²) in [6.07, 6.45) is 4.69. The van der Waals surface area contributed by atoms with Crippen LogP contribution in [0.3, 0.4) is 0 Å². The van der Waals surface area contributed by atoms with E-state index in [9.17, 15) is 0 Å². The van der Waals surface area contributed by atoms with Crippen LogP contribution in [0.15, 0.2) is 0 Å². The van der Waals surface area contributed by atoms with E-state index in [1.807, 2.05) is 0 Å². The lowest BCUT2D eigenvalue weighted by Gasteiger charge is -2.41. The zero-order valence-corrected chi connectivity index (χ0v) is 11.0. The van der Waals surface area contributed by atoms with Gasteiger partial charge in [0, 0.05) is 25.2 Å². The molecule has 94 valence electrons. The van der Waals surface area contributed by atoms with Gasteiger partial charge in [-0.05, 0) is 39.7 Å². The Balaban J connectivity index is 1.92. The largest absolute Gasteiger partial charge is 0.373 e. The second-order valence-corrected chi connectivity index (χ2v) is 5.62. The van der Waals surface area contributed by atoms with Crippen LogP contribution < -0.4 is 5.32 Å². The molecule has 0 radical (unpaired) electrons. The molecule has 1 unspecified atom stereocenters. The Hall–Kier alpha value is -0.120. The molecule has 2 aliphatic heterocycles. The van der Waals surface area contributed by atoms with Crippen molar-refractivity contribution in [3.63, 3.8) is 0 Å². The minimum atomic E-state index is 0.386. The summed E-state index contributed by atoms with van der Waals surface area (Å²) >= 11 is 0. The molecule has 2 saturated heterocycles. The molecule has 3 nitrogen and oxygen atoms in total. The van der Waals surface area contributed by atoms with Crippen LogP contribution in [0.1, 0.15) is 40.0 Å². The number of nitrogens with zero attached hydrogens (tertiary/aromatic N) is 1. The Morgan fingerprint density at radius 2 is 2.00 bits per heavy atom. The molecule has 1 N–H and O–H groups in total. The smallest absolute Gasteiger partial charge is 0.0678 e. The number of nitrogens with one attached hydrogen (secondary N) is 1. The quantitative estimate of drug-likeness (QED) is 0.791. The van der Waals surface area contributed by atoms with Crippen LogP contribution in [0.25, 0.3) is 0 Å². The van der Waals surface area contributed by atoms with Crippen LogP contribution >= 0.6 is 0 Å². The van der Waals surface area contributed by atoms with Gasteiger partial charge in [-0.25, -0.2) is 0 Å². The minimum absolute atomic E-state index is 0.386. The number of morpholine rings is 1. The lowest BCUT2D eigenvalue weighted by molar-refractivity contribution is -0.0737. The summed E-state index contributed by atoms with van der Waals surface area (Å²) in [4.78, 5) is 2.58. The van der Waals surface area contributed by atoms with E-state index in [1.165, 1.54) is 32.4 Å². The molecule has 16 heavy (non-hydrogen) atoms. The van der Waals surface area contributed by atoms with Crippen molar-refractivity contribution in [2.24, 2.45) is 0 Å². The zero-order valence-electron chi connectivity index (χ0n) is 11.0. The topological polar surface area (TPSA) is 24.5 Å². The maximum Gasteiger partial charge on any atom is 0.0678 e. The van der Waals surface area contributed by atoms with E-state index in [-0.39, 0.29) is 0 Å². The van der Waals surface area contributed by atoms with Crippen molar-refractivity contribution in [3.05, 3.63) is 0 Å². The molecule has 0 bridgehead atoms. The van der Waals surface area contributed by atoms with Gasteiger partial charge in [-0.2, -0.15) is 0 Å². The second kappa shape index (κ2) is 5.03. The van der Waals surface area contributed by atoms with Gasteiger partial charge in [-0.1, -0.05) is 6.92 Å². The third-order valence-electron chi connectivity index (χ3n) is 4.03. The van der Waals surface area contributed by atoms with Crippen molar-refractivity contribution in [1.29, 1.82) is 0 Å². The molecule has 0 amide bonds. The molecule has 2 aliphatic rings. The Bertz CT molecular complexity index is 216. The lowest BCUT2D eigenvalue weighted by atomic mass is 9.93. The maximum absolute atomic E-state index is 5.79. The van der Waals surface area contributed by atoms with Crippen molar-refractivity contribution >= 4 is 0 Å². The average molecular weight is 226 g/mol. The van der Waals surface area contributed by atoms with Crippen molar-refractivity contribution in [1.82, 2.24) is 10.2 Å². The third kappa shape index (κ3) is 2.76. The van der Waals surface area contributed by atoms with Crippen molar-refractivity contribution < 1.29 is 4.74 Å². The normalized spacial score (nSPS) is 41.4. The Morgan fingerprint density at radius 3 is 2.50 bits per heavy atom. The number of ether oxygens (including phenoxy) is 1. The van der Waals surface area contributed by atoms with Crippen LogP contribution in [0, 0.1) is 0 Å². The predicted octanol–water partition coefficient (Wildman–Crippen LogP) is 1.63. The Kier molecular flexibility index (Phi) is 3.88. The average Bonchev–Trinajstić information content (AvgIpc) is 2.65. The Labute approximate surface area is 99.5 Å². The van der Waals surface area contributed by atoms with Gasteiger partial charge in [-0.3, -0.25) is 4.90 Å². The summed E-state index contributed by atoms with van der Waals surface area (Å²) in [7, 11) is 0. The van der Waals surface area contributed by atoms with E-state index in [4.69, 9.17) is 4.74 Å². The fraction of sp³-hybridized carbons (Fsp3) is 1.00. The first-order chi connectivity index (χ1) is 7.63. The summed E-state index contributed by atoms with van der Waals surface area (Å²) in [5.74, 6) is 0. The molecule has 0 aromatic rings. The van der Waals surface area contributed by atoms with E-state index in [2.05, 4.69) is 31.0 Å². The molecule has 2 heterocycles. The van der Waals surface area contributed by atoms with Gasteiger partial charge in [0.2, 0.25) is 0 Å². The first kappa shape index (κ1) is 12.3. The fourth-order valence-corrected chi connectivity index (χ4v) is 3.26. The summed E-state index contributed by atoms with van der Waals surface area (Å²) in [6.45, 7) is 11.3. The molecule has 0 aliphatic carbocycles. The highest BCUT2D eigenvalue weighted by Gasteiger charge is 2.35. The fourth-order valence-electron chi connectivity index (χ4n) is 3.26.